The number of aromatic hydroxyl groups is 1. The zero-order valence-corrected chi connectivity index (χ0v) is 15.3. The van der Waals surface area contributed by atoms with E-state index in [4.69, 9.17) is 0 Å². The summed E-state index contributed by atoms with van der Waals surface area (Å²) >= 11 is 1.40. The van der Waals surface area contributed by atoms with Gasteiger partial charge < -0.3 is 10.4 Å². The largest absolute Gasteiger partial charge is 0.505 e. The van der Waals surface area contributed by atoms with Gasteiger partial charge in [-0.3, -0.25) is 4.98 Å². The second-order valence-electron chi connectivity index (χ2n) is 6.21. The van der Waals surface area contributed by atoms with Crippen molar-refractivity contribution in [2.24, 2.45) is 0 Å². The van der Waals surface area contributed by atoms with E-state index in [9.17, 15) is 18.3 Å². The van der Waals surface area contributed by atoms with Crippen molar-refractivity contribution in [3.8, 4) is 5.75 Å². The maximum absolute atomic E-state index is 13.4. The minimum Gasteiger partial charge on any atom is -0.505 e. The lowest BCUT2D eigenvalue weighted by molar-refractivity contribution is -0.137. The summed E-state index contributed by atoms with van der Waals surface area (Å²) in [6.45, 7) is 0. The molecule has 4 rings (SSSR count). The number of fused-ring (bicyclic) bond motifs is 1. The molecular formula is C21H15F3N2OS. The SMILES string of the molecule is Oc1c(C(Nc2ccccc2C(F)(F)F)c2cccs2)ccc2cccnc12. The van der Waals surface area contributed by atoms with Crippen LogP contribution in [-0.4, -0.2) is 10.1 Å². The Kier molecular flexibility index (Phi) is 4.68. The summed E-state index contributed by atoms with van der Waals surface area (Å²) in [5, 5.41) is 16.4. The van der Waals surface area contributed by atoms with E-state index in [-0.39, 0.29) is 11.4 Å². The molecule has 0 amide bonds. The van der Waals surface area contributed by atoms with E-state index in [1.165, 1.54) is 23.5 Å². The van der Waals surface area contributed by atoms with E-state index in [0.717, 1.165) is 16.3 Å². The number of halogens is 3. The molecule has 0 saturated carbocycles. The van der Waals surface area contributed by atoms with Gasteiger partial charge in [0.2, 0.25) is 0 Å². The first-order chi connectivity index (χ1) is 13.4. The highest BCUT2D eigenvalue weighted by atomic mass is 32.1. The molecule has 0 aliphatic heterocycles. The number of nitrogens with one attached hydrogen (secondary N) is 1. The van der Waals surface area contributed by atoms with E-state index in [2.05, 4.69) is 10.3 Å². The third-order valence-electron chi connectivity index (χ3n) is 4.45. The second kappa shape index (κ2) is 7.16. The molecule has 2 heterocycles. The molecule has 0 spiro atoms. The number of benzene rings is 2. The molecule has 2 aromatic heterocycles. The number of nitrogens with zero attached hydrogens (tertiary/aromatic N) is 1. The fourth-order valence-electron chi connectivity index (χ4n) is 3.15. The summed E-state index contributed by atoms with van der Waals surface area (Å²) in [7, 11) is 0. The lowest BCUT2D eigenvalue weighted by Crippen LogP contribution is -2.16. The van der Waals surface area contributed by atoms with Crippen molar-refractivity contribution in [3.63, 3.8) is 0 Å². The number of thiophene rings is 1. The summed E-state index contributed by atoms with van der Waals surface area (Å²) in [5.41, 5.74) is 0.0713. The zero-order chi connectivity index (χ0) is 19.7. The predicted molar refractivity (Wildman–Crippen MR) is 105 cm³/mol. The number of hydrogen-bond acceptors (Lipinski definition) is 4. The zero-order valence-electron chi connectivity index (χ0n) is 14.4. The van der Waals surface area contributed by atoms with Crippen molar-refractivity contribution in [1.29, 1.82) is 0 Å². The molecule has 2 N–H and O–H groups in total. The number of hydrogen-bond donors (Lipinski definition) is 2. The number of aromatic nitrogens is 1. The van der Waals surface area contributed by atoms with Gasteiger partial charge in [-0.15, -0.1) is 11.3 Å². The Labute approximate surface area is 163 Å². The monoisotopic (exact) mass is 400 g/mol. The number of alkyl halides is 3. The first-order valence-electron chi connectivity index (χ1n) is 8.48. The maximum atomic E-state index is 13.4. The Morgan fingerprint density at radius 3 is 2.54 bits per heavy atom. The van der Waals surface area contributed by atoms with E-state index < -0.39 is 17.8 Å². The van der Waals surface area contributed by atoms with Crippen LogP contribution in [0.25, 0.3) is 10.9 Å². The van der Waals surface area contributed by atoms with Crippen molar-refractivity contribution >= 4 is 27.9 Å². The molecule has 0 saturated heterocycles. The van der Waals surface area contributed by atoms with Crippen LogP contribution in [0.2, 0.25) is 0 Å². The topological polar surface area (TPSA) is 45.1 Å². The summed E-state index contributed by atoms with van der Waals surface area (Å²) < 4.78 is 40.3. The highest BCUT2D eigenvalue weighted by Crippen LogP contribution is 2.41. The van der Waals surface area contributed by atoms with Crippen LogP contribution in [0.3, 0.4) is 0 Å². The minimum atomic E-state index is -4.49. The number of phenols is 1. The average Bonchev–Trinajstić information content (AvgIpc) is 3.21. The van der Waals surface area contributed by atoms with Crippen LogP contribution in [0.5, 0.6) is 5.75 Å². The highest BCUT2D eigenvalue weighted by molar-refractivity contribution is 7.10. The summed E-state index contributed by atoms with van der Waals surface area (Å²) in [5.74, 6) is -0.0477. The molecule has 0 radical (unpaired) electrons. The van der Waals surface area contributed by atoms with E-state index in [0.29, 0.717) is 11.1 Å². The molecule has 0 aliphatic carbocycles. The smallest absolute Gasteiger partial charge is 0.418 e. The van der Waals surface area contributed by atoms with Gasteiger partial charge in [0.05, 0.1) is 11.6 Å². The third kappa shape index (κ3) is 3.41. The Morgan fingerprint density at radius 2 is 1.79 bits per heavy atom. The Morgan fingerprint density at radius 1 is 0.964 bits per heavy atom. The van der Waals surface area contributed by atoms with Crippen LogP contribution >= 0.6 is 11.3 Å². The fraction of sp³-hybridized carbons (Fsp3) is 0.0952. The van der Waals surface area contributed by atoms with E-state index in [1.807, 2.05) is 23.6 Å². The number of pyridine rings is 1. The van der Waals surface area contributed by atoms with Crippen molar-refractivity contribution < 1.29 is 18.3 Å². The number of anilines is 1. The summed E-state index contributed by atoms with van der Waals surface area (Å²) in [4.78, 5) is 4.99. The van der Waals surface area contributed by atoms with Crippen LogP contribution in [-0.2, 0) is 6.18 Å². The standard InChI is InChI=1S/C21H15F3N2OS/c22-21(23,24)15-6-1-2-7-16(15)26-19(17-8-4-12-28-17)14-10-9-13-5-3-11-25-18(13)20(14)27/h1-12,19,26-27H. The molecule has 28 heavy (non-hydrogen) atoms. The van der Waals surface area contributed by atoms with Crippen LogP contribution in [0.4, 0.5) is 18.9 Å². The van der Waals surface area contributed by atoms with Gasteiger partial charge in [-0.05, 0) is 29.6 Å². The quantitative estimate of drug-likeness (QED) is 0.427. The Bertz CT molecular complexity index is 1110. The van der Waals surface area contributed by atoms with Gasteiger partial charge >= 0.3 is 6.18 Å². The number of para-hydroxylation sites is 1. The van der Waals surface area contributed by atoms with Gasteiger partial charge in [-0.1, -0.05) is 36.4 Å². The normalized spacial score (nSPS) is 12.8. The number of phenolic OH excluding ortho intramolecular Hbond substituents is 1. The molecule has 0 fully saturated rings. The summed E-state index contributed by atoms with van der Waals surface area (Å²) in [6, 6.07) is 15.4. The van der Waals surface area contributed by atoms with Crippen LogP contribution in [0.15, 0.2) is 72.2 Å². The molecule has 1 atom stereocenters. The molecule has 0 aliphatic rings. The minimum absolute atomic E-state index is 0.0473. The lowest BCUT2D eigenvalue weighted by Gasteiger charge is -2.23. The van der Waals surface area contributed by atoms with Crippen LogP contribution < -0.4 is 5.32 Å². The Balaban J connectivity index is 1.84. The maximum Gasteiger partial charge on any atom is 0.418 e. The second-order valence-corrected chi connectivity index (χ2v) is 7.19. The summed E-state index contributed by atoms with van der Waals surface area (Å²) in [6.07, 6.45) is -2.92. The van der Waals surface area contributed by atoms with Crippen molar-refractivity contribution in [3.05, 3.63) is 88.2 Å². The molecule has 1 unspecified atom stereocenters. The molecule has 0 bridgehead atoms. The third-order valence-corrected chi connectivity index (χ3v) is 5.39. The fourth-order valence-corrected chi connectivity index (χ4v) is 3.94. The first kappa shape index (κ1) is 18.3. The lowest BCUT2D eigenvalue weighted by atomic mass is 10.0. The molecular weight excluding hydrogens is 385 g/mol. The van der Waals surface area contributed by atoms with E-state index >= 15 is 0 Å². The van der Waals surface area contributed by atoms with E-state index in [1.54, 1.807) is 30.5 Å². The van der Waals surface area contributed by atoms with Crippen molar-refractivity contribution in [2.45, 2.75) is 12.2 Å². The van der Waals surface area contributed by atoms with Gasteiger partial charge in [0.25, 0.3) is 0 Å². The molecule has 142 valence electrons. The predicted octanol–water partition coefficient (Wildman–Crippen LogP) is 6.22. The van der Waals surface area contributed by atoms with Crippen molar-refractivity contribution in [1.82, 2.24) is 4.98 Å². The van der Waals surface area contributed by atoms with Gasteiger partial charge in [0.1, 0.15) is 11.3 Å². The van der Waals surface area contributed by atoms with Gasteiger partial charge in [0.15, 0.2) is 0 Å². The number of rotatable bonds is 4. The van der Waals surface area contributed by atoms with Crippen LogP contribution in [0.1, 0.15) is 22.0 Å². The van der Waals surface area contributed by atoms with Gasteiger partial charge in [-0.25, -0.2) is 0 Å². The molecule has 7 heteroatoms. The highest BCUT2D eigenvalue weighted by Gasteiger charge is 2.34. The molecule has 3 nitrogen and oxygen atoms in total. The van der Waals surface area contributed by atoms with Gasteiger partial charge in [0, 0.05) is 27.7 Å². The Hall–Kier alpha value is -3.06. The van der Waals surface area contributed by atoms with Crippen molar-refractivity contribution in [2.75, 3.05) is 5.32 Å². The van der Waals surface area contributed by atoms with Crippen LogP contribution in [0, 0.1) is 0 Å². The van der Waals surface area contributed by atoms with Gasteiger partial charge in [-0.2, -0.15) is 13.2 Å². The molecule has 4 aromatic rings. The first-order valence-corrected chi connectivity index (χ1v) is 9.36. The molecule has 2 aromatic carbocycles. The average molecular weight is 400 g/mol.